The van der Waals surface area contributed by atoms with E-state index < -0.39 is 0 Å². The van der Waals surface area contributed by atoms with Crippen molar-refractivity contribution < 1.29 is 9.53 Å². The van der Waals surface area contributed by atoms with E-state index in [0.717, 1.165) is 25.9 Å². The smallest absolute Gasteiger partial charge is 0.273 e. The largest absolute Gasteiger partial charge is 0.381 e. The molecule has 2 heterocycles. The summed E-state index contributed by atoms with van der Waals surface area (Å²) < 4.78 is 5.67. The Kier molecular flexibility index (Phi) is 5.08. The van der Waals surface area contributed by atoms with E-state index in [1.54, 1.807) is 12.6 Å². The first-order valence-corrected chi connectivity index (χ1v) is 8.87. The Bertz CT molecular complexity index is 657. The zero-order valence-corrected chi connectivity index (χ0v) is 14.4. The Hall–Kier alpha value is -1.72. The van der Waals surface area contributed by atoms with Crippen LogP contribution in [-0.2, 0) is 11.2 Å². The lowest BCUT2D eigenvalue weighted by Gasteiger charge is -2.37. The van der Waals surface area contributed by atoms with Gasteiger partial charge in [-0.05, 0) is 25.3 Å². The number of nitrogens with zero attached hydrogens (tertiary/aromatic N) is 2. The molecule has 0 saturated carbocycles. The second-order valence-corrected chi connectivity index (χ2v) is 6.86. The number of aromatic nitrogens is 1. The number of piperidine rings is 1. The number of benzene rings is 1. The van der Waals surface area contributed by atoms with E-state index in [1.165, 1.54) is 22.5 Å². The van der Waals surface area contributed by atoms with Crippen LogP contribution in [0.5, 0.6) is 0 Å². The minimum atomic E-state index is 0.0371. The fraction of sp³-hybridized carbons (Fsp3) is 0.444. The van der Waals surface area contributed by atoms with Gasteiger partial charge in [-0.3, -0.25) is 4.79 Å². The summed E-state index contributed by atoms with van der Waals surface area (Å²) >= 11 is 1.46. The van der Waals surface area contributed by atoms with Gasteiger partial charge in [-0.1, -0.05) is 29.8 Å². The molecule has 0 unspecified atom stereocenters. The SMILES string of the molecule is CO[C@H]1CCN(C(=O)c2cscn2)C[C@H]1Cc1cccc(C)c1. The third-order valence-corrected chi connectivity index (χ3v) is 5.07. The minimum Gasteiger partial charge on any atom is -0.381 e. The number of rotatable bonds is 4. The fourth-order valence-corrected chi connectivity index (χ4v) is 3.85. The van der Waals surface area contributed by atoms with E-state index in [2.05, 4.69) is 36.2 Å². The Morgan fingerprint density at radius 2 is 2.35 bits per heavy atom. The van der Waals surface area contributed by atoms with Crippen LogP contribution in [0.1, 0.15) is 28.0 Å². The maximum Gasteiger partial charge on any atom is 0.273 e. The molecule has 0 aliphatic carbocycles. The minimum absolute atomic E-state index is 0.0371. The first kappa shape index (κ1) is 16.1. The molecule has 0 spiro atoms. The van der Waals surface area contributed by atoms with Gasteiger partial charge in [-0.2, -0.15) is 0 Å². The molecule has 1 aliphatic heterocycles. The zero-order chi connectivity index (χ0) is 16.2. The van der Waals surface area contributed by atoms with Crippen molar-refractivity contribution >= 4 is 17.2 Å². The molecule has 1 aromatic heterocycles. The molecule has 0 N–H and O–H groups in total. The molecule has 1 amide bonds. The highest BCUT2D eigenvalue weighted by molar-refractivity contribution is 7.07. The predicted molar refractivity (Wildman–Crippen MR) is 91.8 cm³/mol. The molecule has 3 rings (SSSR count). The number of ether oxygens (including phenoxy) is 1. The summed E-state index contributed by atoms with van der Waals surface area (Å²) in [7, 11) is 1.77. The molecule has 1 aromatic carbocycles. The number of aryl methyl sites for hydroxylation is 1. The van der Waals surface area contributed by atoms with E-state index >= 15 is 0 Å². The number of methoxy groups -OCH3 is 1. The highest BCUT2D eigenvalue weighted by Crippen LogP contribution is 2.25. The van der Waals surface area contributed by atoms with Crippen LogP contribution in [0, 0.1) is 12.8 Å². The van der Waals surface area contributed by atoms with Crippen molar-refractivity contribution in [1.29, 1.82) is 0 Å². The van der Waals surface area contributed by atoms with Crippen molar-refractivity contribution in [1.82, 2.24) is 9.88 Å². The van der Waals surface area contributed by atoms with Gasteiger partial charge >= 0.3 is 0 Å². The number of carbonyl (C=O) groups excluding carboxylic acids is 1. The van der Waals surface area contributed by atoms with Gasteiger partial charge in [0.05, 0.1) is 11.6 Å². The van der Waals surface area contributed by atoms with Crippen molar-refractivity contribution in [2.45, 2.75) is 25.9 Å². The average Bonchev–Trinajstić information content (AvgIpc) is 3.08. The van der Waals surface area contributed by atoms with Crippen LogP contribution < -0.4 is 0 Å². The predicted octanol–water partition coefficient (Wildman–Crippen LogP) is 3.17. The molecule has 1 aliphatic rings. The number of carbonyl (C=O) groups is 1. The molecule has 1 saturated heterocycles. The first-order valence-electron chi connectivity index (χ1n) is 7.93. The van der Waals surface area contributed by atoms with E-state index in [4.69, 9.17) is 4.74 Å². The number of amides is 1. The Labute approximate surface area is 141 Å². The lowest BCUT2D eigenvalue weighted by Crippen LogP contribution is -2.47. The number of hydrogen-bond donors (Lipinski definition) is 0. The Balaban J connectivity index is 1.72. The molecule has 0 bridgehead atoms. The van der Waals surface area contributed by atoms with Gasteiger partial charge in [0.2, 0.25) is 0 Å². The number of thiazole rings is 1. The molecular formula is C18H22N2O2S. The zero-order valence-electron chi connectivity index (χ0n) is 13.6. The summed E-state index contributed by atoms with van der Waals surface area (Å²) in [6, 6.07) is 8.57. The number of likely N-dealkylation sites (tertiary alicyclic amines) is 1. The van der Waals surface area contributed by atoms with Gasteiger partial charge in [0.1, 0.15) is 5.69 Å². The lowest BCUT2D eigenvalue weighted by molar-refractivity contribution is -0.00315. The summed E-state index contributed by atoms with van der Waals surface area (Å²) in [5.41, 5.74) is 4.84. The van der Waals surface area contributed by atoms with Crippen LogP contribution >= 0.6 is 11.3 Å². The van der Waals surface area contributed by atoms with Crippen molar-refractivity contribution in [3.63, 3.8) is 0 Å². The molecule has 4 nitrogen and oxygen atoms in total. The maximum atomic E-state index is 12.5. The first-order chi connectivity index (χ1) is 11.2. The fourth-order valence-electron chi connectivity index (χ4n) is 3.32. The standard InChI is InChI=1S/C18H22N2O2S/c1-13-4-3-5-14(8-13)9-15-10-20(7-6-17(15)22-2)18(21)16-11-23-12-19-16/h3-5,8,11-12,15,17H,6-7,9-10H2,1-2H3/t15-,17+/m1/s1. The molecule has 5 heteroatoms. The van der Waals surface area contributed by atoms with Crippen LogP contribution in [0.4, 0.5) is 0 Å². The summed E-state index contributed by atoms with van der Waals surface area (Å²) in [5, 5.41) is 1.82. The third kappa shape index (κ3) is 3.79. The van der Waals surface area contributed by atoms with E-state index in [9.17, 15) is 4.79 Å². The highest BCUT2D eigenvalue weighted by Gasteiger charge is 2.32. The summed E-state index contributed by atoms with van der Waals surface area (Å²) in [6.45, 7) is 3.57. The van der Waals surface area contributed by atoms with E-state index in [0.29, 0.717) is 11.6 Å². The summed E-state index contributed by atoms with van der Waals surface area (Å²) in [4.78, 5) is 18.6. The van der Waals surface area contributed by atoms with Crippen LogP contribution in [0.2, 0.25) is 0 Å². The second-order valence-electron chi connectivity index (χ2n) is 6.14. The molecule has 122 valence electrons. The van der Waals surface area contributed by atoms with Crippen molar-refractivity contribution in [2.24, 2.45) is 5.92 Å². The van der Waals surface area contributed by atoms with Crippen LogP contribution in [0.3, 0.4) is 0 Å². The molecule has 2 atom stereocenters. The maximum absolute atomic E-state index is 12.5. The molecule has 0 radical (unpaired) electrons. The van der Waals surface area contributed by atoms with Crippen LogP contribution in [0.25, 0.3) is 0 Å². The third-order valence-electron chi connectivity index (χ3n) is 4.49. The average molecular weight is 330 g/mol. The second kappa shape index (κ2) is 7.23. The quantitative estimate of drug-likeness (QED) is 0.865. The van der Waals surface area contributed by atoms with Gasteiger partial charge in [-0.25, -0.2) is 4.98 Å². The lowest BCUT2D eigenvalue weighted by atomic mass is 9.88. The van der Waals surface area contributed by atoms with Crippen molar-refractivity contribution in [3.8, 4) is 0 Å². The Morgan fingerprint density at radius 1 is 1.48 bits per heavy atom. The van der Waals surface area contributed by atoms with Crippen molar-refractivity contribution in [2.75, 3.05) is 20.2 Å². The molecule has 2 aromatic rings. The molecule has 1 fully saturated rings. The summed E-state index contributed by atoms with van der Waals surface area (Å²) in [6.07, 6.45) is 2.01. The van der Waals surface area contributed by atoms with Crippen LogP contribution in [0.15, 0.2) is 35.2 Å². The highest BCUT2D eigenvalue weighted by atomic mass is 32.1. The van der Waals surface area contributed by atoms with Gasteiger partial charge in [-0.15, -0.1) is 11.3 Å². The van der Waals surface area contributed by atoms with Crippen LogP contribution in [-0.4, -0.2) is 42.1 Å². The van der Waals surface area contributed by atoms with E-state index in [-0.39, 0.29) is 12.0 Å². The van der Waals surface area contributed by atoms with Gasteiger partial charge in [0.15, 0.2) is 0 Å². The molecular weight excluding hydrogens is 308 g/mol. The number of hydrogen-bond acceptors (Lipinski definition) is 4. The van der Waals surface area contributed by atoms with Gasteiger partial charge in [0.25, 0.3) is 5.91 Å². The van der Waals surface area contributed by atoms with Gasteiger partial charge < -0.3 is 9.64 Å². The monoisotopic (exact) mass is 330 g/mol. The Morgan fingerprint density at radius 3 is 3.04 bits per heavy atom. The topological polar surface area (TPSA) is 42.4 Å². The van der Waals surface area contributed by atoms with E-state index in [1.807, 2.05) is 10.3 Å². The molecule has 23 heavy (non-hydrogen) atoms. The van der Waals surface area contributed by atoms with Gasteiger partial charge in [0, 0.05) is 31.5 Å². The summed E-state index contributed by atoms with van der Waals surface area (Å²) in [5.74, 6) is 0.355. The normalized spacial score (nSPS) is 21.4. The van der Waals surface area contributed by atoms with Crippen molar-refractivity contribution in [3.05, 3.63) is 52.0 Å².